The Balaban J connectivity index is 1.35. The average Bonchev–Trinajstić information content (AvgIpc) is 3.02. The van der Waals surface area contributed by atoms with Gasteiger partial charge in [-0.3, -0.25) is 4.57 Å². The molecule has 5 nitrogen and oxygen atoms in total. The number of H-pyrrole nitrogens is 1. The highest BCUT2D eigenvalue weighted by atomic mass is 16.5. The molecule has 0 spiro atoms. The molecule has 2 aliphatic rings. The molecule has 0 bridgehead atoms. The Morgan fingerprint density at radius 3 is 2.50 bits per heavy atom. The number of rotatable bonds is 5. The molecule has 142 valence electrons. The van der Waals surface area contributed by atoms with Gasteiger partial charge in [0, 0.05) is 31.8 Å². The molecule has 1 aromatic carbocycles. The van der Waals surface area contributed by atoms with Gasteiger partial charge in [-0.1, -0.05) is 19.1 Å². The standard InChI is InChI=1S/C21H31N3O2/c1-2-15-26-18-9-7-16(8-10-18)23-13-11-17(12-14-23)24-20-6-4-3-5-19(20)22-21(24)25/h3-6,16-18H,2,7-15H2,1H3,(H,22,25). The fourth-order valence-corrected chi connectivity index (χ4v) is 4.81. The maximum atomic E-state index is 12.4. The summed E-state index contributed by atoms with van der Waals surface area (Å²) < 4.78 is 7.92. The second-order valence-corrected chi connectivity index (χ2v) is 7.89. The highest BCUT2D eigenvalue weighted by Gasteiger charge is 2.30. The second kappa shape index (κ2) is 7.97. The van der Waals surface area contributed by atoms with Crippen molar-refractivity contribution in [1.29, 1.82) is 0 Å². The number of ether oxygens (including phenoxy) is 1. The number of imidazole rings is 1. The zero-order valence-corrected chi connectivity index (χ0v) is 15.8. The van der Waals surface area contributed by atoms with E-state index in [1.54, 1.807) is 0 Å². The minimum absolute atomic E-state index is 0.0400. The van der Waals surface area contributed by atoms with Crippen LogP contribution in [0.4, 0.5) is 0 Å². The van der Waals surface area contributed by atoms with E-state index in [9.17, 15) is 4.79 Å². The molecule has 1 aromatic heterocycles. The highest BCUT2D eigenvalue weighted by molar-refractivity contribution is 5.75. The summed E-state index contributed by atoms with van der Waals surface area (Å²) in [5.41, 5.74) is 2.04. The summed E-state index contributed by atoms with van der Waals surface area (Å²) in [6, 6.07) is 9.06. The van der Waals surface area contributed by atoms with Crippen molar-refractivity contribution in [3.63, 3.8) is 0 Å². The molecule has 2 heterocycles. The van der Waals surface area contributed by atoms with Crippen LogP contribution in [0.2, 0.25) is 0 Å². The van der Waals surface area contributed by atoms with Crippen LogP contribution in [0, 0.1) is 0 Å². The summed E-state index contributed by atoms with van der Waals surface area (Å²) in [5, 5.41) is 0. The quantitative estimate of drug-likeness (QED) is 0.887. The monoisotopic (exact) mass is 357 g/mol. The van der Waals surface area contributed by atoms with Gasteiger partial charge in [-0.2, -0.15) is 0 Å². The Hall–Kier alpha value is -1.59. The van der Waals surface area contributed by atoms with Crippen molar-refractivity contribution in [3.8, 4) is 0 Å². The molecule has 1 N–H and O–H groups in total. The van der Waals surface area contributed by atoms with Crippen molar-refractivity contribution in [2.45, 2.75) is 70.1 Å². The molecule has 0 unspecified atom stereocenters. The van der Waals surface area contributed by atoms with Crippen molar-refractivity contribution in [2.24, 2.45) is 0 Å². The Bertz CT molecular complexity index is 765. The predicted molar refractivity (Wildman–Crippen MR) is 105 cm³/mol. The number of hydrogen-bond acceptors (Lipinski definition) is 3. The molecule has 1 saturated carbocycles. The fraction of sp³-hybridized carbons (Fsp3) is 0.667. The van der Waals surface area contributed by atoms with Crippen LogP contribution in [-0.4, -0.2) is 46.3 Å². The third-order valence-electron chi connectivity index (χ3n) is 6.21. The summed E-state index contributed by atoms with van der Waals surface area (Å²) in [7, 11) is 0. The zero-order valence-electron chi connectivity index (χ0n) is 15.8. The molecule has 0 amide bonds. The van der Waals surface area contributed by atoms with Crippen LogP contribution in [0.15, 0.2) is 29.1 Å². The highest BCUT2D eigenvalue weighted by Crippen LogP contribution is 2.31. The molecular formula is C21H31N3O2. The lowest BCUT2D eigenvalue weighted by Gasteiger charge is -2.41. The van der Waals surface area contributed by atoms with Gasteiger partial charge in [0.1, 0.15) is 0 Å². The van der Waals surface area contributed by atoms with Crippen molar-refractivity contribution < 1.29 is 4.74 Å². The Morgan fingerprint density at radius 2 is 1.77 bits per heavy atom. The predicted octanol–water partition coefficient (Wildman–Crippen LogP) is 3.70. The number of aromatic nitrogens is 2. The van der Waals surface area contributed by atoms with Gasteiger partial charge in [0.25, 0.3) is 0 Å². The zero-order chi connectivity index (χ0) is 17.9. The van der Waals surface area contributed by atoms with Gasteiger partial charge >= 0.3 is 5.69 Å². The molecule has 0 atom stereocenters. The summed E-state index contributed by atoms with van der Waals surface area (Å²) in [5.74, 6) is 0. The van der Waals surface area contributed by atoms with E-state index < -0.39 is 0 Å². The van der Waals surface area contributed by atoms with E-state index in [2.05, 4.69) is 22.9 Å². The summed E-state index contributed by atoms with van der Waals surface area (Å²) in [6.45, 7) is 5.28. The maximum Gasteiger partial charge on any atom is 0.326 e. The number of piperidine rings is 1. The van der Waals surface area contributed by atoms with Gasteiger partial charge in [0.05, 0.1) is 17.1 Å². The SMILES string of the molecule is CCCOC1CCC(N2CCC(n3c(=O)[nH]c4ccccc43)CC2)CC1. The van der Waals surface area contributed by atoms with E-state index in [0.29, 0.717) is 18.2 Å². The Labute approximate surface area is 155 Å². The summed E-state index contributed by atoms with van der Waals surface area (Å²) in [4.78, 5) is 18.1. The minimum atomic E-state index is 0.0400. The van der Waals surface area contributed by atoms with Crippen LogP contribution in [0.5, 0.6) is 0 Å². The van der Waals surface area contributed by atoms with Crippen molar-refractivity contribution >= 4 is 11.0 Å². The normalized spacial score (nSPS) is 25.7. The third kappa shape index (κ3) is 3.60. The first-order valence-electron chi connectivity index (χ1n) is 10.3. The molecule has 1 saturated heterocycles. The molecule has 0 radical (unpaired) electrons. The van der Waals surface area contributed by atoms with Gasteiger partial charge in [-0.05, 0) is 57.1 Å². The number of para-hydroxylation sites is 2. The third-order valence-corrected chi connectivity index (χ3v) is 6.21. The summed E-state index contributed by atoms with van der Waals surface area (Å²) >= 11 is 0. The van der Waals surface area contributed by atoms with E-state index in [0.717, 1.165) is 50.0 Å². The lowest BCUT2D eigenvalue weighted by Crippen LogP contribution is -2.45. The number of likely N-dealkylation sites (tertiary alicyclic amines) is 1. The fourth-order valence-electron chi connectivity index (χ4n) is 4.81. The first-order valence-corrected chi connectivity index (χ1v) is 10.3. The number of nitrogens with one attached hydrogen (secondary N) is 1. The van der Waals surface area contributed by atoms with Gasteiger partial charge in [0.2, 0.25) is 0 Å². The van der Waals surface area contributed by atoms with E-state index in [1.807, 2.05) is 22.8 Å². The van der Waals surface area contributed by atoms with Gasteiger partial charge in [0.15, 0.2) is 0 Å². The van der Waals surface area contributed by atoms with Crippen molar-refractivity contribution in [3.05, 3.63) is 34.7 Å². The van der Waals surface area contributed by atoms with Gasteiger partial charge in [-0.25, -0.2) is 4.79 Å². The molecule has 26 heavy (non-hydrogen) atoms. The maximum absolute atomic E-state index is 12.4. The average molecular weight is 357 g/mol. The van der Waals surface area contributed by atoms with Crippen molar-refractivity contribution in [2.75, 3.05) is 19.7 Å². The largest absolute Gasteiger partial charge is 0.378 e. The molecule has 2 aromatic rings. The number of nitrogens with zero attached hydrogens (tertiary/aromatic N) is 2. The van der Waals surface area contributed by atoms with Crippen molar-refractivity contribution in [1.82, 2.24) is 14.5 Å². The number of hydrogen-bond donors (Lipinski definition) is 1. The van der Waals surface area contributed by atoms with E-state index in [-0.39, 0.29) is 5.69 Å². The minimum Gasteiger partial charge on any atom is -0.378 e. The molecule has 2 fully saturated rings. The van der Waals surface area contributed by atoms with Crippen LogP contribution in [0.1, 0.15) is 57.9 Å². The van der Waals surface area contributed by atoms with Gasteiger partial charge in [-0.15, -0.1) is 0 Å². The smallest absolute Gasteiger partial charge is 0.326 e. The summed E-state index contributed by atoms with van der Waals surface area (Å²) in [6.07, 6.45) is 8.63. The Kier molecular flexibility index (Phi) is 5.46. The second-order valence-electron chi connectivity index (χ2n) is 7.89. The van der Waals surface area contributed by atoms with E-state index >= 15 is 0 Å². The number of aromatic amines is 1. The Morgan fingerprint density at radius 1 is 1.04 bits per heavy atom. The van der Waals surface area contributed by atoms with Crippen LogP contribution >= 0.6 is 0 Å². The molecule has 1 aliphatic carbocycles. The first kappa shape index (κ1) is 17.8. The van der Waals surface area contributed by atoms with Crippen LogP contribution in [0.3, 0.4) is 0 Å². The topological polar surface area (TPSA) is 50.3 Å². The molecular weight excluding hydrogens is 326 g/mol. The van der Waals surface area contributed by atoms with E-state index in [1.165, 1.54) is 25.7 Å². The van der Waals surface area contributed by atoms with E-state index in [4.69, 9.17) is 4.74 Å². The molecule has 4 rings (SSSR count). The van der Waals surface area contributed by atoms with Crippen LogP contribution in [0.25, 0.3) is 11.0 Å². The first-order chi connectivity index (χ1) is 12.8. The van der Waals surface area contributed by atoms with Crippen LogP contribution in [-0.2, 0) is 4.74 Å². The number of benzene rings is 1. The van der Waals surface area contributed by atoms with Gasteiger partial charge < -0.3 is 14.6 Å². The lowest BCUT2D eigenvalue weighted by atomic mass is 9.90. The molecule has 1 aliphatic heterocycles. The lowest BCUT2D eigenvalue weighted by molar-refractivity contribution is 0.00254. The number of fused-ring (bicyclic) bond motifs is 1. The molecule has 5 heteroatoms. The van der Waals surface area contributed by atoms with Crippen LogP contribution < -0.4 is 5.69 Å².